The molecule has 0 atom stereocenters. The molecule has 0 aliphatic carbocycles. The molecule has 19 heavy (non-hydrogen) atoms. The number of aliphatic carboxylic acids is 1. The molecule has 7 heteroatoms. The van der Waals surface area contributed by atoms with Crippen LogP contribution in [0.5, 0.6) is 0 Å². The Hall–Kier alpha value is -2.15. The van der Waals surface area contributed by atoms with Gasteiger partial charge in [0.2, 0.25) is 11.8 Å². The molecule has 0 bridgehead atoms. The average molecular weight is 282 g/mol. The Morgan fingerprint density at radius 3 is 2.63 bits per heavy atom. The van der Waals surface area contributed by atoms with Gasteiger partial charge in [0, 0.05) is 11.0 Å². The van der Waals surface area contributed by atoms with Gasteiger partial charge in [0.25, 0.3) is 0 Å². The number of thiophene rings is 1. The van der Waals surface area contributed by atoms with Gasteiger partial charge in [0.1, 0.15) is 6.54 Å². The summed E-state index contributed by atoms with van der Waals surface area (Å²) in [5.74, 6) is -2.08. The number of nitrogens with one attached hydrogen (secondary N) is 2. The van der Waals surface area contributed by atoms with E-state index in [9.17, 15) is 14.4 Å². The molecule has 0 aromatic carbocycles. The van der Waals surface area contributed by atoms with Gasteiger partial charge in [-0.25, -0.2) is 0 Å². The smallest absolute Gasteiger partial charge is 0.322 e. The van der Waals surface area contributed by atoms with Gasteiger partial charge in [-0.05, 0) is 30.0 Å². The van der Waals surface area contributed by atoms with E-state index in [2.05, 4.69) is 10.6 Å². The van der Waals surface area contributed by atoms with E-state index in [4.69, 9.17) is 5.11 Å². The number of hydrogen-bond donors (Lipinski definition) is 3. The first kappa shape index (κ1) is 14.9. The Morgan fingerprint density at radius 2 is 2.05 bits per heavy atom. The second-order valence-corrected chi connectivity index (χ2v) is 4.64. The van der Waals surface area contributed by atoms with E-state index >= 15 is 0 Å². The summed E-state index contributed by atoms with van der Waals surface area (Å²) in [6, 6.07) is 1.95. The van der Waals surface area contributed by atoms with Crippen LogP contribution in [0, 0.1) is 6.92 Å². The van der Waals surface area contributed by atoms with E-state index in [1.54, 1.807) is 6.08 Å². The second-order valence-electron chi connectivity index (χ2n) is 3.69. The highest BCUT2D eigenvalue weighted by Crippen LogP contribution is 2.16. The fourth-order valence-electron chi connectivity index (χ4n) is 1.17. The van der Waals surface area contributed by atoms with Gasteiger partial charge in [0.05, 0.1) is 6.54 Å². The third-order valence-corrected chi connectivity index (χ3v) is 3.13. The number of carbonyl (C=O) groups is 3. The Kier molecular flexibility index (Phi) is 5.74. The average Bonchev–Trinajstić information content (AvgIpc) is 2.77. The molecule has 0 fully saturated rings. The topological polar surface area (TPSA) is 95.5 Å². The Bertz CT molecular complexity index is 508. The zero-order valence-corrected chi connectivity index (χ0v) is 11.1. The van der Waals surface area contributed by atoms with Crippen molar-refractivity contribution in [1.29, 1.82) is 0 Å². The van der Waals surface area contributed by atoms with Crippen molar-refractivity contribution in [2.75, 3.05) is 13.1 Å². The van der Waals surface area contributed by atoms with Gasteiger partial charge in [-0.1, -0.05) is 0 Å². The van der Waals surface area contributed by atoms with Crippen LogP contribution in [0.25, 0.3) is 6.08 Å². The fraction of sp³-hybridized carbons (Fsp3) is 0.250. The van der Waals surface area contributed by atoms with Crippen LogP contribution in [0.4, 0.5) is 0 Å². The zero-order chi connectivity index (χ0) is 14.3. The number of carboxylic acids is 1. The van der Waals surface area contributed by atoms with Crippen LogP contribution in [-0.4, -0.2) is 36.0 Å². The number of amides is 2. The summed E-state index contributed by atoms with van der Waals surface area (Å²) < 4.78 is 0. The molecule has 1 aromatic heterocycles. The van der Waals surface area contributed by atoms with Crippen molar-refractivity contribution in [2.45, 2.75) is 6.92 Å². The molecule has 0 saturated heterocycles. The van der Waals surface area contributed by atoms with Crippen molar-refractivity contribution < 1.29 is 19.5 Å². The highest BCUT2D eigenvalue weighted by Gasteiger charge is 2.05. The van der Waals surface area contributed by atoms with Crippen molar-refractivity contribution in [2.24, 2.45) is 0 Å². The lowest BCUT2D eigenvalue weighted by atomic mass is 10.3. The van der Waals surface area contributed by atoms with Crippen LogP contribution >= 0.6 is 11.3 Å². The van der Waals surface area contributed by atoms with Crippen LogP contribution in [0.1, 0.15) is 10.4 Å². The third kappa shape index (κ3) is 5.82. The van der Waals surface area contributed by atoms with Gasteiger partial charge in [-0.15, -0.1) is 11.3 Å². The SMILES string of the molecule is Cc1ccsc1/C=C/C(=O)NCC(=O)NCC(=O)O. The van der Waals surface area contributed by atoms with E-state index in [0.717, 1.165) is 10.4 Å². The molecule has 0 aliphatic heterocycles. The first-order valence-electron chi connectivity index (χ1n) is 5.47. The maximum absolute atomic E-state index is 11.4. The summed E-state index contributed by atoms with van der Waals surface area (Å²) in [6.07, 6.45) is 3.01. The molecular formula is C12H14N2O4S. The van der Waals surface area contributed by atoms with E-state index in [-0.39, 0.29) is 6.54 Å². The summed E-state index contributed by atoms with van der Waals surface area (Å²) in [5, 5.41) is 14.8. The van der Waals surface area contributed by atoms with Gasteiger partial charge < -0.3 is 15.7 Å². The molecule has 102 valence electrons. The molecule has 0 saturated carbocycles. The molecule has 1 heterocycles. The summed E-state index contributed by atoms with van der Waals surface area (Å²) in [6.45, 7) is 1.23. The number of carboxylic acid groups (broad SMARTS) is 1. The number of carbonyl (C=O) groups excluding carboxylic acids is 2. The number of hydrogen-bond acceptors (Lipinski definition) is 4. The molecule has 2 amide bonds. The van der Waals surface area contributed by atoms with Gasteiger partial charge in [-0.3, -0.25) is 14.4 Å². The van der Waals surface area contributed by atoms with E-state index in [1.165, 1.54) is 17.4 Å². The first-order chi connectivity index (χ1) is 8.99. The van der Waals surface area contributed by atoms with Crippen LogP contribution in [0.15, 0.2) is 17.5 Å². The normalized spacial score (nSPS) is 10.4. The molecule has 3 N–H and O–H groups in total. The van der Waals surface area contributed by atoms with Crippen LogP contribution in [0.2, 0.25) is 0 Å². The minimum absolute atomic E-state index is 0.250. The van der Waals surface area contributed by atoms with Gasteiger partial charge in [-0.2, -0.15) is 0 Å². The molecule has 0 aliphatic rings. The van der Waals surface area contributed by atoms with Crippen molar-refractivity contribution >= 4 is 35.2 Å². The molecule has 1 aromatic rings. The number of aryl methyl sites for hydroxylation is 1. The first-order valence-corrected chi connectivity index (χ1v) is 6.35. The quantitative estimate of drug-likeness (QED) is 0.658. The maximum Gasteiger partial charge on any atom is 0.322 e. The fourth-order valence-corrected chi connectivity index (χ4v) is 1.99. The summed E-state index contributed by atoms with van der Waals surface area (Å²) >= 11 is 1.52. The largest absolute Gasteiger partial charge is 0.480 e. The van der Waals surface area contributed by atoms with Crippen molar-refractivity contribution in [3.05, 3.63) is 28.0 Å². The van der Waals surface area contributed by atoms with Gasteiger partial charge in [0.15, 0.2) is 0 Å². The lowest BCUT2D eigenvalue weighted by molar-refractivity contribution is -0.137. The minimum Gasteiger partial charge on any atom is -0.480 e. The molecular weight excluding hydrogens is 268 g/mol. The molecule has 6 nitrogen and oxygen atoms in total. The van der Waals surface area contributed by atoms with Crippen molar-refractivity contribution in [3.63, 3.8) is 0 Å². The Balaban J connectivity index is 2.32. The maximum atomic E-state index is 11.4. The standard InChI is InChI=1S/C12H14N2O4S/c1-8-4-5-19-9(8)2-3-10(15)13-6-11(16)14-7-12(17)18/h2-5H,6-7H2,1H3,(H,13,15)(H,14,16)(H,17,18)/b3-2+. The lowest BCUT2D eigenvalue weighted by Crippen LogP contribution is -2.38. The zero-order valence-electron chi connectivity index (χ0n) is 10.3. The van der Waals surface area contributed by atoms with Crippen molar-refractivity contribution in [3.8, 4) is 0 Å². The van der Waals surface area contributed by atoms with E-state index in [1.807, 2.05) is 18.4 Å². The Labute approximate surface area is 114 Å². The highest BCUT2D eigenvalue weighted by atomic mass is 32.1. The third-order valence-electron chi connectivity index (χ3n) is 2.15. The lowest BCUT2D eigenvalue weighted by Gasteiger charge is -2.02. The van der Waals surface area contributed by atoms with Crippen LogP contribution < -0.4 is 10.6 Å². The minimum atomic E-state index is -1.13. The summed E-state index contributed by atoms with van der Waals surface area (Å²) in [7, 11) is 0. The van der Waals surface area contributed by atoms with Crippen LogP contribution in [0.3, 0.4) is 0 Å². The monoisotopic (exact) mass is 282 g/mol. The molecule has 0 radical (unpaired) electrons. The van der Waals surface area contributed by atoms with Crippen molar-refractivity contribution in [1.82, 2.24) is 10.6 Å². The number of rotatable bonds is 6. The molecule has 0 unspecified atom stereocenters. The molecule has 1 rings (SSSR count). The summed E-state index contributed by atoms with van der Waals surface area (Å²) in [4.78, 5) is 33.7. The molecule has 0 spiro atoms. The predicted molar refractivity (Wildman–Crippen MR) is 71.7 cm³/mol. The van der Waals surface area contributed by atoms with Gasteiger partial charge >= 0.3 is 5.97 Å². The van der Waals surface area contributed by atoms with Crippen LogP contribution in [-0.2, 0) is 14.4 Å². The predicted octanol–water partition coefficient (Wildman–Crippen LogP) is 0.387. The second kappa shape index (κ2) is 7.32. The summed E-state index contributed by atoms with van der Waals surface area (Å²) in [5.41, 5.74) is 1.08. The Morgan fingerprint density at radius 1 is 1.32 bits per heavy atom. The highest BCUT2D eigenvalue weighted by molar-refractivity contribution is 7.11. The van der Waals surface area contributed by atoms with E-state index < -0.39 is 24.3 Å². The van der Waals surface area contributed by atoms with E-state index in [0.29, 0.717) is 0 Å².